The first-order valence-corrected chi connectivity index (χ1v) is 43.4. The number of anilines is 6. The Morgan fingerprint density at radius 1 is 0.157 bits per heavy atom. The first-order valence-electron chi connectivity index (χ1n) is 43.4. The van der Waals surface area contributed by atoms with Crippen molar-refractivity contribution < 1.29 is 0 Å². The predicted molar refractivity (Wildman–Crippen MR) is 509 cm³/mol. The van der Waals surface area contributed by atoms with Crippen LogP contribution in [0.3, 0.4) is 0 Å². The maximum Gasteiger partial charge on any atom is 0.0713 e. The average molecular weight is 1550 g/mol. The number of nitrogens with zero attached hydrogens (tertiary/aromatic N) is 2. The minimum atomic E-state index is -0.603. The fraction of sp³-hybridized carbons (Fsp3) is 0.160. The number of hydrogen-bond acceptors (Lipinski definition) is 2. The summed E-state index contributed by atoms with van der Waals surface area (Å²) in [6.07, 6.45) is 9.35. The largest absolute Gasteiger partial charge is 0.310 e. The van der Waals surface area contributed by atoms with Gasteiger partial charge in [0.25, 0.3) is 0 Å². The summed E-state index contributed by atoms with van der Waals surface area (Å²) in [6, 6.07) is 131. The van der Waals surface area contributed by atoms with E-state index in [0.717, 1.165) is 22.5 Å². The third-order valence-corrected chi connectivity index (χ3v) is 29.7. The van der Waals surface area contributed by atoms with Crippen LogP contribution < -0.4 is 9.80 Å². The van der Waals surface area contributed by atoms with Crippen LogP contribution in [0.5, 0.6) is 0 Å². The number of hydrogen-bond donors (Lipinski definition) is 0. The maximum atomic E-state index is 2.53. The van der Waals surface area contributed by atoms with Gasteiger partial charge in [0, 0.05) is 66.6 Å². The van der Waals surface area contributed by atoms with Crippen molar-refractivity contribution in [3.05, 3.63) is 451 Å². The molecule has 23 rings (SSSR count). The van der Waals surface area contributed by atoms with E-state index in [1.54, 1.807) is 0 Å². The highest BCUT2D eigenvalue weighted by Gasteiger charge is 2.48. The molecule has 0 N–H and O–H groups in total. The van der Waals surface area contributed by atoms with Crippen molar-refractivity contribution in [3.8, 4) is 77.9 Å². The molecule has 16 aromatic rings. The van der Waals surface area contributed by atoms with Crippen LogP contribution >= 0.6 is 0 Å². The Kier molecular flexibility index (Phi) is 15.5. The van der Waals surface area contributed by atoms with Crippen molar-refractivity contribution >= 4 is 58.4 Å². The van der Waals surface area contributed by atoms with Crippen LogP contribution in [0.2, 0.25) is 0 Å². The van der Waals surface area contributed by atoms with Crippen molar-refractivity contribution in [1.29, 1.82) is 0 Å². The first kappa shape index (κ1) is 72.8. The standard InChI is InChI=1S/C119H96N2/c1-113(2)99-35-23-19-31-85(99)91-57-47-79(67-105(91)113)120(80-48-58-92-86-32-20-24-36-100(86)114(3,4)106(92)68-80)83-51-61-95-89-53-43-73(63-103(89)117(9,10)109(95)71-83)39-41-75-45-55-97-98-56-46-76(66-112(98)119(111(97)65-75,77-27-15-13-16-28-77)78-29-17-14-18-30-78)42-40-74-44-54-90-96-62-52-84(72-110(96)118(11,12)104(90)64-74)121(81-49-59-93-87-33-21-25-37-101(87)115(5,6)107(93)69-81)82-50-60-94-88-34-22-26-38-102(88)116(7,8)108(94)70-82/h13-72H,1-12H3. The molecule has 2 heteroatoms. The highest BCUT2D eigenvalue weighted by atomic mass is 15.1. The molecule has 0 bridgehead atoms. The molecule has 0 spiro atoms. The van der Waals surface area contributed by atoms with Gasteiger partial charge in [0.2, 0.25) is 0 Å². The molecular formula is C119H96N2. The smallest absolute Gasteiger partial charge is 0.0713 e. The molecule has 0 aliphatic heterocycles. The third kappa shape index (κ3) is 10.4. The Balaban J connectivity index is 0.560. The van der Waals surface area contributed by atoms with Gasteiger partial charge in [-0.25, -0.2) is 0 Å². The van der Waals surface area contributed by atoms with E-state index in [1.165, 1.54) is 201 Å². The summed E-state index contributed by atoms with van der Waals surface area (Å²) in [4.78, 5) is 5.06. The van der Waals surface area contributed by atoms with Gasteiger partial charge in [-0.3, -0.25) is 0 Å². The molecule has 0 fully saturated rings. The zero-order valence-electron chi connectivity index (χ0n) is 71.0. The lowest BCUT2D eigenvalue weighted by Gasteiger charge is -2.34. The zero-order chi connectivity index (χ0) is 82.2. The van der Waals surface area contributed by atoms with Crippen molar-refractivity contribution in [2.75, 3.05) is 9.80 Å². The zero-order valence-corrected chi connectivity index (χ0v) is 71.0. The Hall–Kier alpha value is -13.4. The first-order chi connectivity index (χ1) is 58.5. The monoisotopic (exact) mass is 1550 g/mol. The SMILES string of the molecule is CC1(C)c2ccccc2-c2ccc(N(c3ccc4c(c3)C(C)(C)c3ccccc3-4)c3ccc4c(c3)C(C)(C)c3cc(C=Cc5ccc6c(c5)C(c5ccccc5)(c5ccccc5)c5cc(C=Cc7ccc8c(c7)C(C)(C)c7cc(N(c9ccc%10c(c9)C(C)(C)c9ccccc9-%10)c9ccc%10c(c9)C(C)(C)c9ccccc9-%10)ccc7-8)ccc5-6)ccc3-4)cc21. The van der Waals surface area contributed by atoms with Gasteiger partial charge in [-0.05, 0) is 274 Å². The maximum absolute atomic E-state index is 2.53. The van der Waals surface area contributed by atoms with E-state index in [2.05, 4.69) is 457 Å². The van der Waals surface area contributed by atoms with Crippen LogP contribution in [0.4, 0.5) is 34.1 Å². The van der Waals surface area contributed by atoms with Gasteiger partial charge < -0.3 is 9.80 Å². The lowest BCUT2D eigenvalue weighted by molar-refractivity contribution is 0.659. The summed E-state index contributed by atoms with van der Waals surface area (Å²) in [5, 5.41) is 0. The molecule has 0 radical (unpaired) electrons. The fourth-order valence-corrected chi connectivity index (χ4v) is 23.3. The number of rotatable bonds is 12. The van der Waals surface area contributed by atoms with E-state index in [9.17, 15) is 0 Å². The second-order valence-electron chi connectivity index (χ2n) is 38.4. The lowest BCUT2D eigenvalue weighted by Crippen LogP contribution is -2.28. The molecule has 7 aliphatic rings. The predicted octanol–water partition coefficient (Wildman–Crippen LogP) is 31.2. The molecule has 0 amide bonds. The molecule has 7 aliphatic carbocycles. The molecule has 582 valence electrons. The summed E-state index contributed by atoms with van der Waals surface area (Å²) >= 11 is 0. The summed E-state index contributed by atoms with van der Waals surface area (Å²) in [6.45, 7) is 28.8. The molecule has 0 saturated heterocycles. The molecule has 0 unspecified atom stereocenters. The highest BCUT2D eigenvalue weighted by molar-refractivity contribution is 5.96. The lowest BCUT2D eigenvalue weighted by atomic mass is 9.67. The van der Waals surface area contributed by atoms with Gasteiger partial charge in [0.05, 0.1) is 5.41 Å². The average Bonchev–Trinajstić information content (AvgIpc) is 1.56. The minimum absolute atomic E-state index is 0.149. The second-order valence-corrected chi connectivity index (χ2v) is 38.4. The third-order valence-electron chi connectivity index (χ3n) is 29.7. The molecule has 2 nitrogen and oxygen atoms in total. The van der Waals surface area contributed by atoms with Gasteiger partial charge in [-0.15, -0.1) is 0 Å². The Bertz CT molecular complexity index is 6560. The normalized spacial score (nSPS) is 16.3. The van der Waals surface area contributed by atoms with E-state index in [1.807, 2.05) is 0 Å². The van der Waals surface area contributed by atoms with Gasteiger partial charge in [0.1, 0.15) is 0 Å². The summed E-state index contributed by atoms with van der Waals surface area (Å²) in [5.41, 5.74) is 49.7. The van der Waals surface area contributed by atoms with Crippen molar-refractivity contribution in [2.24, 2.45) is 0 Å². The quantitative estimate of drug-likeness (QED) is 0.113. The Morgan fingerprint density at radius 3 is 0.570 bits per heavy atom. The molecule has 121 heavy (non-hydrogen) atoms. The topological polar surface area (TPSA) is 6.48 Å². The van der Waals surface area contributed by atoms with Crippen molar-refractivity contribution in [3.63, 3.8) is 0 Å². The summed E-state index contributed by atoms with van der Waals surface area (Å²) in [7, 11) is 0. The van der Waals surface area contributed by atoms with Gasteiger partial charge in [0.15, 0.2) is 0 Å². The Labute approximate surface area is 713 Å². The van der Waals surface area contributed by atoms with Crippen LogP contribution in [0.25, 0.3) is 102 Å². The van der Waals surface area contributed by atoms with Gasteiger partial charge in [-0.2, -0.15) is 0 Å². The molecule has 0 heterocycles. The highest BCUT2D eigenvalue weighted by Crippen LogP contribution is 2.61. The van der Waals surface area contributed by atoms with Crippen LogP contribution in [-0.2, 0) is 37.9 Å². The van der Waals surface area contributed by atoms with Crippen LogP contribution in [0.15, 0.2) is 340 Å². The molecular weight excluding hydrogens is 1460 g/mol. The summed E-state index contributed by atoms with van der Waals surface area (Å²) in [5.74, 6) is 0. The molecule has 0 aromatic heterocycles. The summed E-state index contributed by atoms with van der Waals surface area (Å²) < 4.78 is 0. The second kappa shape index (κ2) is 25.8. The van der Waals surface area contributed by atoms with E-state index in [0.29, 0.717) is 0 Å². The van der Waals surface area contributed by atoms with Crippen molar-refractivity contribution in [1.82, 2.24) is 0 Å². The Morgan fingerprint density at radius 2 is 0.331 bits per heavy atom. The molecule has 0 saturated carbocycles. The van der Waals surface area contributed by atoms with Gasteiger partial charge >= 0.3 is 0 Å². The van der Waals surface area contributed by atoms with Crippen LogP contribution in [0.1, 0.15) is 194 Å². The van der Waals surface area contributed by atoms with Gasteiger partial charge in [-0.1, -0.05) is 362 Å². The van der Waals surface area contributed by atoms with Crippen LogP contribution in [0, 0.1) is 0 Å². The van der Waals surface area contributed by atoms with E-state index in [4.69, 9.17) is 0 Å². The number of benzene rings is 16. The van der Waals surface area contributed by atoms with Crippen molar-refractivity contribution in [2.45, 2.75) is 121 Å². The number of fused-ring (bicyclic) bond motifs is 21. The minimum Gasteiger partial charge on any atom is -0.310 e. The fourth-order valence-electron chi connectivity index (χ4n) is 23.3. The van der Waals surface area contributed by atoms with Crippen LogP contribution in [-0.4, -0.2) is 0 Å². The molecule has 16 aromatic carbocycles. The van der Waals surface area contributed by atoms with E-state index < -0.39 is 5.41 Å². The van der Waals surface area contributed by atoms with E-state index >= 15 is 0 Å². The van der Waals surface area contributed by atoms with E-state index in [-0.39, 0.29) is 32.5 Å². The molecule has 0 atom stereocenters.